The average Bonchev–Trinajstić information content (AvgIpc) is 3.41. The highest BCUT2D eigenvalue weighted by atomic mass is 32.1. The number of thiophene rings is 1. The van der Waals surface area contributed by atoms with E-state index in [4.69, 9.17) is 10.7 Å². The number of aromatic nitrogens is 2. The van der Waals surface area contributed by atoms with Crippen molar-refractivity contribution in [2.75, 3.05) is 7.05 Å². The number of carbonyl (C=O) groups excluding carboxylic acids is 2. The average molecular weight is 465 g/mol. The lowest BCUT2D eigenvalue weighted by Crippen LogP contribution is -2.18. The van der Waals surface area contributed by atoms with E-state index in [0.29, 0.717) is 40.3 Å². The molecule has 3 N–H and O–H groups in total. The van der Waals surface area contributed by atoms with Crippen molar-refractivity contribution in [2.24, 2.45) is 11.7 Å². The summed E-state index contributed by atoms with van der Waals surface area (Å²) in [5.74, 6) is -0.762. The third kappa shape index (κ3) is 4.52. The van der Waals surface area contributed by atoms with Gasteiger partial charge in [-0.3, -0.25) is 9.59 Å². The molecule has 1 aromatic carbocycles. The van der Waals surface area contributed by atoms with E-state index >= 15 is 0 Å². The number of nitrogens with two attached hydrogens (primary N) is 1. The lowest BCUT2D eigenvalue weighted by molar-refractivity contribution is 0.0965. The second kappa shape index (κ2) is 9.15. The van der Waals surface area contributed by atoms with E-state index in [2.05, 4.69) is 19.2 Å². The highest BCUT2D eigenvalue weighted by Gasteiger charge is 2.24. The van der Waals surface area contributed by atoms with Gasteiger partial charge in [-0.15, -0.1) is 11.3 Å². The summed E-state index contributed by atoms with van der Waals surface area (Å²) in [5.41, 5.74) is 9.22. The zero-order valence-corrected chi connectivity index (χ0v) is 19.5. The van der Waals surface area contributed by atoms with Crippen LogP contribution in [0.2, 0.25) is 0 Å². The van der Waals surface area contributed by atoms with Crippen LogP contribution in [0.15, 0.2) is 48.7 Å². The van der Waals surface area contributed by atoms with Gasteiger partial charge in [0.05, 0.1) is 16.1 Å². The number of nitrogens with zero attached hydrogens (tertiary/aromatic N) is 2. The van der Waals surface area contributed by atoms with E-state index < -0.39 is 5.91 Å². The number of primary amides is 1. The summed E-state index contributed by atoms with van der Waals surface area (Å²) in [4.78, 5) is 31.0. The van der Waals surface area contributed by atoms with Crippen LogP contribution in [-0.4, -0.2) is 28.4 Å². The molecule has 8 heteroatoms. The minimum absolute atomic E-state index is 0.187. The third-order valence-electron chi connectivity index (χ3n) is 5.40. The molecule has 0 saturated carbocycles. The number of hydrogen-bond donors (Lipinski definition) is 2. The van der Waals surface area contributed by atoms with Crippen LogP contribution in [0, 0.1) is 11.7 Å². The summed E-state index contributed by atoms with van der Waals surface area (Å²) >= 11 is 1.31. The first kappa shape index (κ1) is 22.7. The molecule has 0 bridgehead atoms. The third-order valence-corrected chi connectivity index (χ3v) is 6.50. The molecule has 0 atom stereocenters. The van der Waals surface area contributed by atoms with Crippen molar-refractivity contribution in [3.63, 3.8) is 0 Å². The van der Waals surface area contributed by atoms with Crippen molar-refractivity contribution < 1.29 is 14.0 Å². The Kier molecular flexibility index (Phi) is 6.29. The van der Waals surface area contributed by atoms with Crippen LogP contribution < -0.4 is 11.1 Å². The molecule has 33 heavy (non-hydrogen) atoms. The fourth-order valence-corrected chi connectivity index (χ4v) is 4.95. The first-order valence-electron chi connectivity index (χ1n) is 10.7. The molecule has 6 nitrogen and oxygen atoms in total. The molecule has 3 heterocycles. The molecule has 0 spiro atoms. The first-order chi connectivity index (χ1) is 15.8. The Morgan fingerprint density at radius 1 is 1.15 bits per heavy atom. The molecule has 0 aliphatic carbocycles. The van der Waals surface area contributed by atoms with Gasteiger partial charge in [0.1, 0.15) is 11.5 Å². The highest BCUT2D eigenvalue weighted by Crippen LogP contribution is 2.38. The molecular formula is C25H25FN4O2S. The van der Waals surface area contributed by atoms with E-state index in [0.717, 1.165) is 15.8 Å². The smallest absolute Gasteiger partial charge is 0.261 e. The van der Waals surface area contributed by atoms with Gasteiger partial charge in [-0.25, -0.2) is 9.37 Å². The minimum Gasteiger partial charge on any atom is -0.366 e. The van der Waals surface area contributed by atoms with Gasteiger partial charge in [0.15, 0.2) is 0 Å². The van der Waals surface area contributed by atoms with Gasteiger partial charge in [-0.05, 0) is 48.2 Å². The zero-order chi connectivity index (χ0) is 23.7. The molecule has 0 radical (unpaired) electrons. The van der Waals surface area contributed by atoms with Crippen LogP contribution in [-0.2, 0) is 13.0 Å². The minimum atomic E-state index is -0.545. The van der Waals surface area contributed by atoms with Gasteiger partial charge in [-0.2, -0.15) is 0 Å². The van der Waals surface area contributed by atoms with E-state index in [-0.39, 0.29) is 17.6 Å². The standard InChI is InChI=1S/C25H25FN4O2S/c1-14(2)12-18-22(23(27)31)21(19-8-9-20(33-19)25(32)28-3)17-10-11-30(24(17)29-18)13-15-4-6-16(26)7-5-15/h4-11,14H,12-13H2,1-3H3,(H2,27,31)(H,28,32). The van der Waals surface area contributed by atoms with E-state index in [1.165, 1.54) is 23.5 Å². The summed E-state index contributed by atoms with van der Waals surface area (Å²) in [5, 5.41) is 3.41. The van der Waals surface area contributed by atoms with Gasteiger partial charge in [-0.1, -0.05) is 26.0 Å². The summed E-state index contributed by atoms with van der Waals surface area (Å²) in [7, 11) is 1.58. The number of pyridine rings is 1. The van der Waals surface area contributed by atoms with Crippen LogP contribution in [0.3, 0.4) is 0 Å². The van der Waals surface area contributed by atoms with Gasteiger partial charge < -0.3 is 15.6 Å². The Labute approximate surface area is 195 Å². The van der Waals surface area contributed by atoms with Crippen LogP contribution >= 0.6 is 11.3 Å². The van der Waals surface area contributed by atoms with Crippen molar-refractivity contribution in [2.45, 2.75) is 26.8 Å². The number of fused-ring (bicyclic) bond motifs is 1. The van der Waals surface area contributed by atoms with E-state index in [9.17, 15) is 14.0 Å². The number of benzene rings is 1. The van der Waals surface area contributed by atoms with Crippen molar-refractivity contribution in [1.29, 1.82) is 0 Å². The molecule has 4 rings (SSSR count). The second-order valence-corrected chi connectivity index (χ2v) is 9.40. The lowest BCUT2D eigenvalue weighted by atomic mass is 9.96. The van der Waals surface area contributed by atoms with Crippen molar-refractivity contribution in [3.8, 4) is 10.4 Å². The van der Waals surface area contributed by atoms with Gasteiger partial charge in [0, 0.05) is 35.6 Å². The molecule has 3 aromatic heterocycles. The highest BCUT2D eigenvalue weighted by molar-refractivity contribution is 7.17. The maximum atomic E-state index is 13.3. The SMILES string of the molecule is CNC(=O)c1ccc(-c2c(C(N)=O)c(CC(C)C)nc3c2ccn3Cc2ccc(F)cc2)s1. The molecular weight excluding hydrogens is 439 g/mol. The van der Waals surface area contributed by atoms with E-state index in [1.807, 2.05) is 22.9 Å². The summed E-state index contributed by atoms with van der Waals surface area (Å²) in [6.45, 7) is 4.62. The van der Waals surface area contributed by atoms with Crippen molar-refractivity contribution in [1.82, 2.24) is 14.9 Å². The number of nitrogens with one attached hydrogen (secondary N) is 1. The lowest BCUT2D eigenvalue weighted by Gasteiger charge is -2.15. The van der Waals surface area contributed by atoms with Crippen molar-refractivity contribution in [3.05, 3.63) is 76.2 Å². The normalized spacial score (nSPS) is 11.3. The second-order valence-electron chi connectivity index (χ2n) is 8.32. The summed E-state index contributed by atoms with van der Waals surface area (Å²) in [6, 6.07) is 11.8. The fraction of sp³-hybridized carbons (Fsp3) is 0.240. The number of hydrogen-bond acceptors (Lipinski definition) is 4. The van der Waals surface area contributed by atoms with Crippen LogP contribution in [0.5, 0.6) is 0 Å². The molecule has 170 valence electrons. The summed E-state index contributed by atoms with van der Waals surface area (Å²) in [6.07, 6.45) is 2.48. The Morgan fingerprint density at radius 3 is 2.52 bits per heavy atom. The zero-order valence-electron chi connectivity index (χ0n) is 18.7. The Morgan fingerprint density at radius 2 is 1.88 bits per heavy atom. The molecule has 0 aliphatic rings. The quantitative estimate of drug-likeness (QED) is 0.419. The molecule has 0 aliphatic heterocycles. The topological polar surface area (TPSA) is 90.0 Å². The number of rotatable bonds is 7. The van der Waals surface area contributed by atoms with Crippen LogP contribution in [0.1, 0.15) is 45.1 Å². The van der Waals surface area contributed by atoms with Gasteiger partial charge in [0.25, 0.3) is 11.8 Å². The Bertz CT molecular complexity index is 1340. The fourth-order valence-electron chi connectivity index (χ4n) is 3.93. The maximum absolute atomic E-state index is 13.3. The Hall–Kier alpha value is -3.52. The first-order valence-corrected chi connectivity index (χ1v) is 11.5. The van der Waals surface area contributed by atoms with Crippen LogP contribution in [0.4, 0.5) is 4.39 Å². The van der Waals surface area contributed by atoms with Gasteiger partial charge >= 0.3 is 0 Å². The number of halogens is 1. The molecule has 2 amide bonds. The molecule has 0 saturated heterocycles. The maximum Gasteiger partial charge on any atom is 0.261 e. The molecule has 0 fully saturated rings. The monoisotopic (exact) mass is 464 g/mol. The summed E-state index contributed by atoms with van der Waals surface area (Å²) < 4.78 is 15.3. The number of carbonyl (C=O) groups is 2. The predicted molar refractivity (Wildman–Crippen MR) is 129 cm³/mol. The Balaban J connectivity index is 1.94. The molecule has 4 aromatic rings. The largest absolute Gasteiger partial charge is 0.366 e. The number of amides is 2. The predicted octanol–water partition coefficient (Wildman–Crippen LogP) is 4.61. The van der Waals surface area contributed by atoms with Crippen molar-refractivity contribution >= 4 is 34.2 Å². The molecule has 0 unspecified atom stereocenters. The van der Waals surface area contributed by atoms with E-state index in [1.54, 1.807) is 25.2 Å². The van der Waals surface area contributed by atoms with Crippen LogP contribution in [0.25, 0.3) is 21.5 Å². The van der Waals surface area contributed by atoms with Gasteiger partial charge in [0.2, 0.25) is 0 Å².